The molecule has 1 amide bonds. The van der Waals surface area contributed by atoms with E-state index in [-0.39, 0.29) is 18.2 Å². The lowest BCUT2D eigenvalue weighted by atomic mass is 10.0. The van der Waals surface area contributed by atoms with Crippen molar-refractivity contribution in [3.8, 4) is 0 Å². The summed E-state index contributed by atoms with van der Waals surface area (Å²) >= 11 is 0. The summed E-state index contributed by atoms with van der Waals surface area (Å²) in [6, 6.07) is 7.32. The van der Waals surface area contributed by atoms with Crippen molar-refractivity contribution in [2.45, 2.75) is 6.42 Å². The van der Waals surface area contributed by atoms with Crippen LogP contribution in [-0.2, 0) is 16.4 Å². The Labute approximate surface area is 120 Å². The van der Waals surface area contributed by atoms with Gasteiger partial charge in [-0.3, -0.25) is 4.79 Å². The van der Waals surface area contributed by atoms with Crippen molar-refractivity contribution in [3.63, 3.8) is 0 Å². The second-order valence-electron chi connectivity index (χ2n) is 4.29. The van der Waals surface area contributed by atoms with Gasteiger partial charge in [0.2, 0.25) is 10.0 Å². The largest absolute Gasteiger partial charge is 0.351 e. The lowest BCUT2D eigenvalue weighted by Gasteiger charge is -2.10. The van der Waals surface area contributed by atoms with Crippen LogP contribution in [-0.4, -0.2) is 47.3 Å². The van der Waals surface area contributed by atoms with Gasteiger partial charge in [0.25, 0.3) is 5.91 Å². The number of carbonyl (C=O) groups excluding carboxylic acids is 1. The van der Waals surface area contributed by atoms with E-state index in [1.165, 1.54) is 7.05 Å². The maximum atomic E-state index is 12.1. The van der Waals surface area contributed by atoms with Gasteiger partial charge in [-0.25, -0.2) is 13.1 Å². The van der Waals surface area contributed by atoms with E-state index in [4.69, 9.17) is 0 Å². The molecule has 0 saturated heterocycles. The van der Waals surface area contributed by atoms with Crippen molar-refractivity contribution in [1.82, 2.24) is 15.4 Å². The molecule has 0 aromatic heterocycles. The van der Waals surface area contributed by atoms with Crippen LogP contribution in [0.15, 0.2) is 24.3 Å². The second-order valence-corrected chi connectivity index (χ2v) is 6.34. The van der Waals surface area contributed by atoms with Gasteiger partial charge in [0.15, 0.2) is 0 Å². The molecule has 1 aromatic carbocycles. The number of hydrogen-bond donors (Lipinski definition) is 3. The Bertz CT molecular complexity index is 544. The highest BCUT2D eigenvalue weighted by Gasteiger charge is 2.12. The first-order valence-electron chi connectivity index (χ1n) is 6.42. The molecule has 3 N–H and O–H groups in total. The molecule has 0 atom stereocenters. The van der Waals surface area contributed by atoms with Crippen LogP contribution in [0.5, 0.6) is 0 Å². The Balaban J connectivity index is 2.63. The zero-order chi connectivity index (χ0) is 15.0. The number of hydrogen-bond acceptors (Lipinski definition) is 4. The SMILES string of the molecule is CNCCc1ccccc1C(=O)NCCS(=O)(=O)NC. The molecule has 6 nitrogen and oxygen atoms in total. The summed E-state index contributed by atoms with van der Waals surface area (Å²) in [5, 5.41) is 5.66. The van der Waals surface area contributed by atoms with Gasteiger partial charge < -0.3 is 10.6 Å². The van der Waals surface area contributed by atoms with Gasteiger partial charge in [-0.2, -0.15) is 0 Å². The van der Waals surface area contributed by atoms with Gasteiger partial charge in [-0.05, 0) is 38.7 Å². The van der Waals surface area contributed by atoms with Gasteiger partial charge in [0.05, 0.1) is 5.75 Å². The highest BCUT2D eigenvalue weighted by molar-refractivity contribution is 7.89. The molecule has 0 radical (unpaired) electrons. The predicted molar refractivity (Wildman–Crippen MR) is 79.3 cm³/mol. The van der Waals surface area contributed by atoms with Crippen LogP contribution in [0.2, 0.25) is 0 Å². The summed E-state index contributed by atoms with van der Waals surface area (Å²) in [5.74, 6) is -0.378. The number of sulfonamides is 1. The first-order valence-corrected chi connectivity index (χ1v) is 8.07. The van der Waals surface area contributed by atoms with E-state index in [0.717, 1.165) is 18.5 Å². The molecule has 0 aliphatic rings. The zero-order valence-corrected chi connectivity index (χ0v) is 12.6. The summed E-state index contributed by atoms with van der Waals surface area (Å²) in [6.07, 6.45) is 0.745. The Hall–Kier alpha value is -1.44. The molecule has 0 unspecified atom stereocenters. The van der Waals surface area contributed by atoms with E-state index in [2.05, 4.69) is 15.4 Å². The quantitative estimate of drug-likeness (QED) is 0.616. The average Bonchev–Trinajstić information content (AvgIpc) is 2.45. The van der Waals surface area contributed by atoms with Gasteiger partial charge in [-0.1, -0.05) is 18.2 Å². The Kier molecular flexibility index (Phi) is 6.63. The fourth-order valence-corrected chi connectivity index (χ4v) is 2.29. The topological polar surface area (TPSA) is 87.3 Å². The van der Waals surface area contributed by atoms with Crippen molar-refractivity contribution in [2.24, 2.45) is 0 Å². The zero-order valence-electron chi connectivity index (χ0n) is 11.8. The van der Waals surface area contributed by atoms with Gasteiger partial charge in [0, 0.05) is 12.1 Å². The highest BCUT2D eigenvalue weighted by atomic mass is 32.2. The first-order chi connectivity index (χ1) is 9.50. The predicted octanol–water partition coefficient (Wildman–Crippen LogP) is -0.272. The fourth-order valence-electron chi connectivity index (χ4n) is 1.72. The highest BCUT2D eigenvalue weighted by Crippen LogP contribution is 2.09. The normalized spacial score (nSPS) is 11.3. The van der Waals surface area contributed by atoms with Gasteiger partial charge in [0.1, 0.15) is 0 Å². The van der Waals surface area contributed by atoms with Crippen LogP contribution in [0.4, 0.5) is 0 Å². The van der Waals surface area contributed by atoms with Crippen LogP contribution < -0.4 is 15.4 Å². The average molecular weight is 299 g/mol. The third-order valence-corrected chi connectivity index (χ3v) is 4.24. The number of carbonyl (C=O) groups is 1. The summed E-state index contributed by atoms with van der Waals surface area (Å²) in [5.41, 5.74) is 1.53. The third kappa shape index (κ3) is 5.28. The van der Waals surface area contributed by atoms with Crippen LogP contribution in [0.25, 0.3) is 0 Å². The maximum Gasteiger partial charge on any atom is 0.251 e. The number of benzene rings is 1. The van der Waals surface area contributed by atoms with Crippen LogP contribution >= 0.6 is 0 Å². The molecule has 7 heteroatoms. The van der Waals surface area contributed by atoms with E-state index in [0.29, 0.717) is 5.56 Å². The second kappa shape index (κ2) is 7.98. The van der Waals surface area contributed by atoms with Crippen molar-refractivity contribution in [3.05, 3.63) is 35.4 Å². The summed E-state index contributed by atoms with van der Waals surface area (Å²) in [6.45, 7) is 0.862. The van der Waals surface area contributed by atoms with E-state index in [1.807, 2.05) is 19.2 Å². The Morgan fingerprint density at radius 3 is 2.50 bits per heavy atom. The minimum atomic E-state index is -3.30. The van der Waals surface area contributed by atoms with Gasteiger partial charge in [-0.15, -0.1) is 0 Å². The maximum absolute atomic E-state index is 12.1. The molecule has 0 aliphatic heterocycles. The summed E-state index contributed by atoms with van der Waals surface area (Å²) in [7, 11) is -0.0925. The monoisotopic (exact) mass is 299 g/mol. The molecule has 0 bridgehead atoms. The number of nitrogens with one attached hydrogen (secondary N) is 3. The lowest BCUT2D eigenvalue weighted by molar-refractivity contribution is 0.0955. The van der Waals surface area contributed by atoms with Crippen molar-refractivity contribution in [2.75, 3.05) is 32.9 Å². The number of rotatable bonds is 8. The molecule has 0 aliphatic carbocycles. The van der Waals surface area contributed by atoms with Crippen LogP contribution in [0.3, 0.4) is 0 Å². The summed E-state index contributed by atoms with van der Waals surface area (Å²) in [4.78, 5) is 12.1. The molecule has 0 fully saturated rings. The van der Waals surface area contributed by atoms with Crippen molar-refractivity contribution >= 4 is 15.9 Å². The molecule has 0 spiro atoms. The van der Waals surface area contributed by atoms with E-state index in [9.17, 15) is 13.2 Å². The molecular weight excluding hydrogens is 278 g/mol. The minimum absolute atomic E-state index is 0.0857. The molecule has 1 aromatic rings. The lowest BCUT2D eigenvalue weighted by Crippen LogP contribution is -2.33. The van der Waals surface area contributed by atoms with E-state index in [1.54, 1.807) is 12.1 Å². The molecule has 112 valence electrons. The minimum Gasteiger partial charge on any atom is -0.351 e. The number of likely N-dealkylation sites (N-methyl/N-ethyl adjacent to an activating group) is 1. The van der Waals surface area contributed by atoms with Crippen molar-refractivity contribution in [1.29, 1.82) is 0 Å². The van der Waals surface area contributed by atoms with Crippen LogP contribution in [0.1, 0.15) is 15.9 Å². The Morgan fingerprint density at radius 2 is 1.85 bits per heavy atom. The Morgan fingerprint density at radius 1 is 1.15 bits per heavy atom. The summed E-state index contributed by atoms with van der Waals surface area (Å²) < 4.78 is 24.7. The van der Waals surface area contributed by atoms with Crippen molar-refractivity contribution < 1.29 is 13.2 Å². The molecule has 1 rings (SSSR count). The molecular formula is C13H21N3O3S. The van der Waals surface area contributed by atoms with E-state index < -0.39 is 10.0 Å². The van der Waals surface area contributed by atoms with E-state index >= 15 is 0 Å². The first kappa shape index (κ1) is 16.6. The van der Waals surface area contributed by atoms with Gasteiger partial charge >= 0.3 is 0 Å². The number of amides is 1. The molecule has 0 saturated carbocycles. The standard InChI is InChI=1S/C13H21N3O3S/c1-14-8-7-11-5-3-4-6-12(11)13(17)16-9-10-20(18,19)15-2/h3-6,14-15H,7-10H2,1-2H3,(H,16,17). The van der Waals surface area contributed by atoms with Crippen LogP contribution in [0, 0.1) is 0 Å². The smallest absolute Gasteiger partial charge is 0.251 e. The molecule has 20 heavy (non-hydrogen) atoms. The fraction of sp³-hybridized carbons (Fsp3) is 0.462. The molecule has 0 heterocycles. The third-order valence-electron chi connectivity index (χ3n) is 2.87.